The zero-order chi connectivity index (χ0) is 13.0. The molecule has 2 heteroatoms. The van der Waals surface area contributed by atoms with E-state index in [0.29, 0.717) is 0 Å². The Bertz CT molecular complexity index is 312. The molecule has 0 aromatic heterocycles. The van der Waals surface area contributed by atoms with Crippen molar-refractivity contribution >= 4 is 8.07 Å². The summed E-state index contributed by atoms with van der Waals surface area (Å²) >= 11 is 0. The van der Waals surface area contributed by atoms with E-state index < -0.39 is 14.2 Å². The number of aliphatic hydroxyl groups is 1. The molecule has 1 nitrogen and oxygen atoms in total. The summed E-state index contributed by atoms with van der Waals surface area (Å²) in [5.41, 5.74) is 4.21. The standard InChI is InChI=1S/C14H26OSi/c1-8-11-14(4,16(5,6)7)13(15)10-9-12(2)3/h8,10-11,13,15H,1-7H3/b11-8-/t13-,14-/m1/s1. The molecule has 2 atom stereocenters. The van der Waals surface area contributed by atoms with Crippen LogP contribution in [0.3, 0.4) is 0 Å². The fraction of sp³-hybridized carbons (Fsp3) is 0.643. The lowest BCUT2D eigenvalue weighted by Crippen LogP contribution is -2.43. The molecule has 0 saturated heterocycles. The van der Waals surface area contributed by atoms with Crippen LogP contribution in [0.15, 0.2) is 29.5 Å². The molecule has 0 aromatic rings. The van der Waals surface area contributed by atoms with Crippen LogP contribution < -0.4 is 0 Å². The molecule has 0 aliphatic carbocycles. The largest absolute Gasteiger partial charge is 0.388 e. The van der Waals surface area contributed by atoms with Crippen LogP contribution in [0.25, 0.3) is 0 Å². The van der Waals surface area contributed by atoms with Crippen LogP contribution in [-0.2, 0) is 0 Å². The van der Waals surface area contributed by atoms with Crippen molar-refractivity contribution < 1.29 is 5.11 Å². The monoisotopic (exact) mass is 238 g/mol. The van der Waals surface area contributed by atoms with E-state index in [0.717, 1.165) is 5.57 Å². The maximum Gasteiger partial charge on any atom is 0.0858 e. The number of rotatable bonds is 4. The first-order valence-corrected chi connectivity index (χ1v) is 9.37. The fourth-order valence-corrected chi connectivity index (χ4v) is 3.19. The number of hydrogen-bond donors (Lipinski definition) is 1. The number of aliphatic hydroxyl groups excluding tert-OH is 1. The van der Waals surface area contributed by atoms with Gasteiger partial charge in [0, 0.05) is 5.04 Å². The summed E-state index contributed by atoms with van der Waals surface area (Å²) in [6.45, 7) is 15.0. The Morgan fingerprint density at radius 2 is 1.81 bits per heavy atom. The van der Waals surface area contributed by atoms with Crippen molar-refractivity contribution in [1.29, 1.82) is 0 Å². The second-order valence-corrected chi connectivity index (χ2v) is 11.4. The van der Waals surface area contributed by atoms with Crippen LogP contribution in [0, 0.1) is 0 Å². The van der Waals surface area contributed by atoms with E-state index in [1.54, 1.807) is 6.08 Å². The topological polar surface area (TPSA) is 20.2 Å². The third-order valence-corrected chi connectivity index (χ3v) is 6.97. The lowest BCUT2D eigenvalue weighted by molar-refractivity contribution is 0.189. The quantitative estimate of drug-likeness (QED) is 0.443. The van der Waals surface area contributed by atoms with Gasteiger partial charge in [-0.3, -0.25) is 0 Å². The Morgan fingerprint density at radius 3 is 2.12 bits per heavy atom. The normalized spacial score (nSPS) is 17.8. The van der Waals surface area contributed by atoms with E-state index in [9.17, 15) is 5.11 Å². The summed E-state index contributed by atoms with van der Waals surface area (Å²) < 4.78 is 0. The van der Waals surface area contributed by atoms with Gasteiger partial charge < -0.3 is 5.11 Å². The van der Waals surface area contributed by atoms with Crippen molar-refractivity contribution in [3.05, 3.63) is 29.5 Å². The summed E-state index contributed by atoms with van der Waals surface area (Å²) in [6, 6.07) is 0. The van der Waals surface area contributed by atoms with Gasteiger partial charge in [-0.1, -0.05) is 38.7 Å². The van der Waals surface area contributed by atoms with Crippen LogP contribution in [-0.4, -0.2) is 19.3 Å². The van der Waals surface area contributed by atoms with Crippen molar-refractivity contribution in [3.63, 3.8) is 0 Å². The van der Waals surface area contributed by atoms with Gasteiger partial charge in [0.05, 0.1) is 14.2 Å². The Balaban J connectivity index is 5.31. The van der Waals surface area contributed by atoms with E-state index >= 15 is 0 Å². The predicted molar refractivity (Wildman–Crippen MR) is 75.5 cm³/mol. The highest BCUT2D eigenvalue weighted by molar-refractivity contribution is 6.79. The van der Waals surface area contributed by atoms with Gasteiger partial charge in [0.15, 0.2) is 0 Å². The molecule has 0 unspecified atom stereocenters. The minimum atomic E-state index is -1.48. The average molecular weight is 238 g/mol. The van der Waals surface area contributed by atoms with Gasteiger partial charge in [0.25, 0.3) is 0 Å². The van der Waals surface area contributed by atoms with Gasteiger partial charge in [-0.05, 0) is 32.4 Å². The van der Waals surface area contributed by atoms with Gasteiger partial charge in [0.1, 0.15) is 0 Å². The molecule has 0 bridgehead atoms. The van der Waals surface area contributed by atoms with Gasteiger partial charge in [-0.2, -0.15) is 0 Å². The van der Waals surface area contributed by atoms with Gasteiger partial charge in [-0.15, -0.1) is 5.73 Å². The Hall–Kier alpha value is -0.563. The van der Waals surface area contributed by atoms with Crippen LogP contribution in [0.2, 0.25) is 24.7 Å². The highest BCUT2D eigenvalue weighted by atomic mass is 28.3. The summed E-state index contributed by atoms with van der Waals surface area (Å²) in [4.78, 5) is 0. The van der Waals surface area contributed by atoms with Crippen LogP contribution in [0.5, 0.6) is 0 Å². The molecule has 0 radical (unpaired) electrons. The van der Waals surface area contributed by atoms with Crippen molar-refractivity contribution in [2.24, 2.45) is 0 Å². The highest BCUT2D eigenvalue weighted by Crippen LogP contribution is 2.43. The molecule has 0 aliphatic rings. The Kier molecular flexibility index (Phi) is 5.47. The van der Waals surface area contributed by atoms with E-state index in [2.05, 4.69) is 38.4 Å². The highest BCUT2D eigenvalue weighted by Gasteiger charge is 2.41. The molecule has 0 heterocycles. The number of allylic oxidation sites excluding steroid dienone is 1. The Labute approximate surface area is 102 Å². The van der Waals surface area contributed by atoms with Crippen molar-refractivity contribution in [2.75, 3.05) is 0 Å². The van der Waals surface area contributed by atoms with Crippen molar-refractivity contribution in [3.8, 4) is 0 Å². The van der Waals surface area contributed by atoms with Crippen LogP contribution >= 0.6 is 0 Å². The van der Waals surface area contributed by atoms with E-state index in [-0.39, 0.29) is 5.04 Å². The van der Waals surface area contributed by atoms with Crippen molar-refractivity contribution in [1.82, 2.24) is 0 Å². The molecular weight excluding hydrogens is 212 g/mol. The third-order valence-electron chi connectivity index (χ3n) is 3.27. The zero-order valence-electron chi connectivity index (χ0n) is 11.8. The first kappa shape index (κ1) is 15.4. The van der Waals surface area contributed by atoms with E-state index in [4.69, 9.17) is 0 Å². The minimum absolute atomic E-state index is 0.135. The summed E-state index contributed by atoms with van der Waals surface area (Å²) in [7, 11) is -1.48. The maximum atomic E-state index is 10.3. The molecule has 0 saturated carbocycles. The lowest BCUT2D eigenvalue weighted by atomic mass is 10.0. The smallest absolute Gasteiger partial charge is 0.0858 e. The Morgan fingerprint density at radius 1 is 1.31 bits per heavy atom. The average Bonchev–Trinajstić information content (AvgIpc) is 2.12. The molecule has 1 N–H and O–H groups in total. The second-order valence-electron chi connectivity index (χ2n) is 5.79. The summed E-state index contributed by atoms with van der Waals surface area (Å²) in [5.74, 6) is 0. The molecule has 0 spiro atoms. The van der Waals surface area contributed by atoms with E-state index in [1.165, 1.54) is 0 Å². The molecule has 0 aromatic carbocycles. The minimum Gasteiger partial charge on any atom is -0.388 e. The first-order chi connectivity index (χ1) is 7.15. The molecule has 16 heavy (non-hydrogen) atoms. The second kappa shape index (κ2) is 5.67. The number of hydrogen-bond acceptors (Lipinski definition) is 1. The van der Waals surface area contributed by atoms with E-state index in [1.807, 2.05) is 26.8 Å². The van der Waals surface area contributed by atoms with Gasteiger partial charge >= 0.3 is 0 Å². The van der Waals surface area contributed by atoms with Crippen LogP contribution in [0.4, 0.5) is 0 Å². The SMILES string of the molecule is C/C=C\[C@](C)([C@H](O)C=C=C(C)C)[Si](C)(C)C. The molecule has 92 valence electrons. The third kappa shape index (κ3) is 3.78. The molecule has 0 rings (SSSR count). The molecule has 0 amide bonds. The van der Waals surface area contributed by atoms with Gasteiger partial charge in [0.2, 0.25) is 0 Å². The summed E-state index contributed by atoms with van der Waals surface area (Å²) in [6.07, 6.45) is 5.53. The molecule has 0 aliphatic heterocycles. The predicted octanol–water partition coefficient (Wildman–Crippen LogP) is 4.14. The van der Waals surface area contributed by atoms with Gasteiger partial charge in [-0.25, -0.2) is 0 Å². The summed E-state index contributed by atoms with van der Waals surface area (Å²) in [5, 5.41) is 10.2. The molecular formula is C14H26OSi. The maximum absolute atomic E-state index is 10.3. The lowest BCUT2D eigenvalue weighted by Gasteiger charge is -2.40. The van der Waals surface area contributed by atoms with Crippen LogP contribution in [0.1, 0.15) is 27.7 Å². The van der Waals surface area contributed by atoms with Crippen molar-refractivity contribution in [2.45, 2.75) is 58.5 Å². The molecule has 0 fully saturated rings. The zero-order valence-corrected chi connectivity index (χ0v) is 12.8. The fourth-order valence-electron chi connectivity index (χ4n) is 1.56. The first-order valence-electron chi connectivity index (χ1n) is 5.87.